The van der Waals surface area contributed by atoms with Crippen molar-refractivity contribution < 1.29 is 5.11 Å². The smallest absolute Gasteiger partial charge is 0.135 e. The zero-order chi connectivity index (χ0) is 19.8. The summed E-state index contributed by atoms with van der Waals surface area (Å²) in [7, 11) is 0. The van der Waals surface area contributed by atoms with E-state index in [1.54, 1.807) is 0 Å². The predicted molar refractivity (Wildman–Crippen MR) is 119 cm³/mol. The summed E-state index contributed by atoms with van der Waals surface area (Å²) in [4.78, 5) is 6.57. The monoisotopic (exact) mass is 378 g/mol. The first-order chi connectivity index (χ1) is 13.1. The van der Waals surface area contributed by atoms with Crippen LogP contribution in [0.25, 0.3) is 0 Å². The van der Waals surface area contributed by atoms with E-state index in [0.717, 1.165) is 31.8 Å². The zero-order valence-corrected chi connectivity index (χ0v) is 18.5. The maximum absolute atomic E-state index is 10.4. The van der Waals surface area contributed by atoms with Crippen molar-refractivity contribution in [3.05, 3.63) is 12.2 Å². The van der Waals surface area contributed by atoms with E-state index in [-0.39, 0.29) is 0 Å². The second kappa shape index (κ2) is 15.1. The second-order valence-electron chi connectivity index (χ2n) is 8.40. The van der Waals surface area contributed by atoms with Crippen LogP contribution in [0.1, 0.15) is 117 Å². The van der Waals surface area contributed by atoms with E-state index in [2.05, 4.69) is 24.1 Å². The fourth-order valence-electron chi connectivity index (χ4n) is 3.75. The van der Waals surface area contributed by atoms with E-state index < -0.39 is 5.72 Å². The van der Waals surface area contributed by atoms with Gasteiger partial charge in [-0.25, -0.2) is 0 Å². The molecule has 1 rings (SSSR count). The van der Waals surface area contributed by atoms with E-state index in [9.17, 15) is 5.11 Å². The van der Waals surface area contributed by atoms with Crippen molar-refractivity contribution in [2.75, 3.05) is 13.1 Å². The minimum Gasteiger partial charge on any atom is -0.371 e. The van der Waals surface area contributed by atoms with Crippen molar-refractivity contribution in [3.8, 4) is 0 Å². The molecule has 0 fully saturated rings. The van der Waals surface area contributed by atoms with Gasteiger partial charge in [-0.15, -0.1) is 0 Å². The molecule has 3 nitrogen and oxygen atoms in total. The van der Waals surface area contributed by atoms with Gasteiger partial charge in [-0.1, -0.05) is 97.0 Å². The number of nitrogens with zero attached hydrogens (tertiary/aromatic N) is 2. The minimum absolute atomic E-state index is 0.721. The standard InChI is InChI=1S/C24H46N2O/c1-4-6-7-8-9-10-11-12-13-14-15-16-17-18-19-20-23-25-21-22-26(23)24(3,27)5-2/h19-20,27H,4-18,21-22H2,1-3H3. The fourth-order valence-corrected chi connectivity index (χ4v) is 3.75. The third kappa shape index (κ3) is 10.9. The summed E-state index contributed by atoms with van der Waals surface area (Å²) >= 11 is 0. The minimum atomic E-state index is -0.769. The Kier molecular flexibility index (Phi) is 13.6. The average Bonchev–Trinajstić information content (AvgIpc) is 3.14. The lowest BCUT2D eigenvalue weighted by Gasteiger charge is -2.34. The Morgan fingerprint density at radius 1 is 0.889 bits per heavy atom. The molecule has 0 aromatic rings. The quantitative estimate of drug-likeness (QED) is 0.281. The van der Waals surface area contributed by atoms with Gasteiger partial charge in [-0.2, -0.15) is 0 Å². The van der Waals surface area contributed by atoms with Crippen LogP contribution in [0.3, 0.4) is 0 Å². The van der Waals surface area contributed by atoms with Crippen LogP contribution in [0.2, 0.25) is 0 Å². The van der Waals surface area contributed by atoms with E-state index in [1.807, 2.05) is 18.7 Å². The van der Waals surface area contributed by atoms with Gasteiger partial charge < -0.3 is 10.0 Å². The number of hydrogen-bond donors (Lipinski definition) is 1. The molecule has 0 saturated carbocycles. The maximum Gasteiger partial charge on any atom is 0.135 e. The van der Waals surface area contributed by atoms with Gasteiger partial charge in [0, 0.05) is 6.54 Å². The van der Waals surface area contributed by atoms with E-state index in [0.29, 0.717) is 0 Å². The molecule has 1 aliphatic rings. The van der Waals surface area contributed by atoms with Crippen molar-refractivity contribution in [2.45, 2.75) is 123 Å². The molecule has 1 N–H and O–H groups in total. The molecular formula is C24H46N2O. The largest absolute Gasteiger partial charge is 0.371 e. The van der Waals surface area contributed by atoms with Gasteiger partial charge in [0.25, 0.3) is 0 Å². The SMILES string of the molecule is CCCCCCCCCCCCCCCC=CC1=NCCN1C(C)(O)CC. The summed E-state index contributed by atoms with van der Waals surface area (Å²) in [6.07, 6.45) is 24.4. The molecule has 1 aliphatic heterocycles. The molecule has 1 unspecified atom stereocenters. The first-order valence-electron chi connectivity index (χ1n) is 11.8. The van der Waals surface area contributed by atoms with E-state index in [1.165, 1.54) is 83.5 Å². The molecule has 1 heterocycles. The number of amidine groups is 1. The van der Waals surface area contributed by atoms with Crippen molar-refractivity contribution in [3.63, 3.8) is 0 Å². The predicted octanol–water partition coefficient (Wildman–Crippen LogP) is 6.86. The Balaban J connectivity index is 1.94. The normalized spacial score (nSPS) is 16.9. The summed E-state index contributed by atoms with van der Waals surface area (Å²) < 4.78 is 0. The van der Waals surface area contributed by atoms with Crippen LogP contribution in [-0.2, 0) is 0 Å². The molecule has 0 aromatic carbocycles. The Labute approximate surface area is 169 Å². The van der Waals surface area contributed by atoms with Crippen LogP contribution >= 0.6 is 0 Å². The maximum atomic E-state index is 10.4. The second-order valence-corrected chi connectivity index (χ2v) is 8.40. The Bertz CT molecular complexity index is 415. The molecular weight excluding hydrogens is 332 g/mol. The lowest BCUT2D eigenvalue weighted by molar-refractivity contribution is -0.0501. The third-order valence-corrected chi connectivity index (χ3v) is 5.87. The highest BCUT2D eigenvalue weighted by Crippen LogP contribution is 2.20. The van der Waals surface area contributed by atoms with Crippen LogP contribution in [0, 0.1) is 0 Å². The van der Waals surface area contributed by atoms with Crippen LogP contribution in [-0.4, -0.2) is 34.7 Å². The van der Waals surface area contributed by atoms with Crippen LogP contribution in [0.5, 0.6) is 0 Å². The third-order valence-electron chi connectivity index (χ3n) is 5.87. The van der Waals surface area contributed by atoms with Crippen LogP contribution < -0.4 is 0 Å². The molecule has 0 amide bonds. The molecule has 0 radical (unpaired) electrons. The molecule has 0 saturated heterocycles. The Morgan fingerprint density at radius 3 is 1.93 bits per heavy atom. The van der Waals surface area contributed by atoms with Crippen molar-refractivity contribution in [2.24, 2.45) is 4.99 Å². The van der Waals surface area contributed by atoms with Crippen molar-refractivity contribution in [1.29, 1.82) is 0 Å². The van der Waals surface area contributed by atoms with Crippen molar-refractivity contribution >= 4 is 5.84 Å². The first-order valence-corrected chi connectivity index (χ1v) is 11.8. The van der Waals surface area contributed by atoms with Gasteiger partial charge in [-0.3, -0.25) is 4.99 Å². The fraction of sp³-hybridized carbons (Fsp3) is 0.875. The van der Waals surface area contributed by atoms with E-state index >= 15 is 0 Å². The highest BCUT2D eigenvalue weighted by atomic mass is 16.3. The molecule has 1 atom stereocenters. The lowest BCUT2D eigenvalue weighted by atomic mass is 10.0. The average molecular weight is 379 g/mol. The molecule has 158 valence electrons. The van der Waals surface area contributed by atoms with Gasteiger partial charge in [0.05, 0.1) is 6.54 Å². The van der Waals surface area contributed by atoms with Gasteiger partial charge in [0.15, 0.2) is 0 Å². The molecule has 0 aliphatic carbocycles. The van der Waals surface area contributed by atoms with Gasteiger partial charge in [0.1, 0.15) is 11.6 Å². The number of unbranched alkanes of at least 4 members (excludes halogenated alkanes) is 13. The summed E-state index contributed by atoms with van der Waals surface area (Å²) in [5, 5.41) is 10.4. The Hall–Kier alpha value is -0.830. The number of allylic oxidation sites excluding steroid dienone is 1. The summed E-state index contributed by atoms with van der Waals surface area (Å²) in [6.45, 7) is 7.82. The highest BCUT2D eigenvalue weighted by molar-refractivity contribution is 5.94. The van der Waals surface area contributed by atoms with E-state index in [4.69, 9.17) is 0 Å². The molecule has 27 heavy (non-hydrogen) atoms. The summed E-state index contributed by atoms with van der Waals surface area (Å²) in [5.41, 5.74) is -0.769. The number of hydrogen-bond acceptors (Lipinski definition) is 3. The molecule has 0 bridgehead atoms. The number of aliphatic imine (C=N–C) groups is 1. The topological polar surface area (TPSA) is 35.8 Å². The summed E-state index contributed by atoms with van der Waals surface area (Å²) in [5.74, 6) is 0.955. The molecule has 3 heteroatoms. The number of rotatable bonds is 17. The number of aliphatic hydroxyl groups is 1. The lowest BCUT2D eigenvalue weighted by Crippen LogP contribution is -2.47. The first kappa shape index (κ1) is 24.2. The van der Waals surface area contributed by atoms with Crippen LogP contribution in [0.4, 0.5) is 0 Å². The zero-order valence-electron chi connectivity index (χ0n) is 18.5. The van der Waals surface area contributed by atoms with Crippen LogP contribution in [0.15, 0.2) is 17.1 Å². The van der Waals surface area contributed by atoms with Crippen molar-refractivity contribution in [1.82, 2.24) is 4.90 Å². The molecule has 0 spiro atoms. The van der Waals surface area contributed by atoms with Gasteiger partial charge in [-0.05, 0) is 32.3 Å². The van der Waals surface area contributed by atoms with Gasteiger partial charge >= 0.3 is 0 Å². The summed E-state index contributed by atoms with van der Waals surface area (Å²) in [6, 6.07) is 0. The Morgan fingerprint density at radius 2 is 1.41 bits per heavy atom. The molecule has 0 aromatic heterocycles. The van der Waals surface area contributed by atoms with Gasteiger partial charge in [0.2, 0.25) is 0 Å². The highest BCUT2D eigenvalue weighted by Gasteiger charge is 2.30.